The molecule has 0 radical (unpaired) electrons. The number of anilines is 2. The van der Waals surface area contributed by atoms with E-state index in [0.29, 0.717) is 18.0 Å². The van der Waals surface area contributed by atoms with Crippen molar-refractivity contribution in [2.24, 2.45) is 5.41 Å². The van der Waals surface area contributed by atoms with Crippen molar-refractivity contribution in [3.05, 3.63) is 41.7 Å². The number of nitrogens with one attached hydrogen (secondary N) is 1. The molecule has 1 aromatic carbocycles. The van der Waals surface area contributed by atoms with Crippen molar-refractivity contribution in [3.8, 4) is 0 Å². The van der Waals surface area contributed by atoms with Crippen LogP contribution in [0.25, 0.3) is 0 Å². The lowest BCUT2D eigenvalue weighted by Gasteiger charge is -2.31. The molecule has 0 amide bonds. The van der Waals surface area contributed by atoms with Gasteiger partial charge in [0.2, 0.25) is 10.0 Å². The van der Waals surface area contributed by atoms with Gasteiger partial charge in [-0.05, 0) is 44.4 Å². The molecule has 2 aliphatic rings. The highest BCUT2D eigenvalue weighted by Gasteiger charge is 2.59. The van der Waals surface area contributed by atoms with Gasteiger partial charge >= 0.3 is 0 Å². The van der Waals surface area contributed by atoms with Crippen molar-refractivity contribution in [2.75, 3.05) is 37.4 Å². The lowest BCUT2D eigenvalue weighted by atomic mass is 9.99. The number of aromatic nitrogens is 2. The summed E-state index contributed by atoms with van der Waals surface area (Å²) >= 11 is 0. The molecule has 2 fully saturated rings. The largest absolute Gasteiger partial charge is 0.373 e. The molecule has 0 bridgehead atoms. The zero-order chi connectivity index (χ0) is 20.1. The van der Waals surface area contributed by atoms with Crippen LogP contribution in [0.4, 0.5) is 11.6 Å². The molecule has 7 nitrogen and oxygen atoms in total. The first kappa shape index (κ1) is 19.1. The van der Waals surface area contributed by atoms with Gasteiger partial charge in [0, 0.05) is 38.2 Å². The fourth-order valence-electron chi connectivity index (χ4n) is 4.40. The second-order valence-corrected chi connectivity index (χ2v) is 9.96. The third-order valence-electron chi connectivity index (χ3n) is 6.19. The van der Waals surface area contributed by atoms with E-state index in [9.17, 15) is 8.42 Å². The molecule has 1 aliphatic carbocycles. The minimum Gasteiger partial charge on any atom is -0.373 e. The van der Waals surface area contributed by atoms with Crippen LogP contribution in [-0.2, 0) is 10.0 Å². The van der Waals surface area contributed by atoms with E-state index in [-0.39, 0.29) is 11.5 Å². The van der Waals surface area contributed by atoms with E-state index >= 15 is 0 Å². The molecule has 1 atom stereocenters. The van der Waals surface area contributed by atoms with Crippen LogP contribution in [-0.4, -0.2) is 55.9 Å². The first-order valence-electron chi connectivity index (χ1n) is 9.57. The minimum atomic E-state index is -3.50. The molecule has 1 unspecified atom stereocenters. The summed E-state index contributed by atoms with van der Waals surface area (Å²) in [5, 5.41) is 3.09. The molecule has 2 heterocycles. The number of hydrogen-bond donors (Lipinski definition) is 1. The summed E-state index contributed by atoms with van der Waals surface area (Å²) in [7, 11) is 0.354. The molecule has 1 N–H and O–H groups in total. The van der Waals surface area contributed by atoms with Gasteiger partial charge in [0.25, 0.3) is 0 Å². The van der Waals surface area contributed by atoms with Gasteiger partial charge in [-0.15, -0.1) is 0 Å². The molecule has 1 aromatic heterocycles. The standard InChI is InChI=1S/C20H27N5O2S/c1-14-6-5-7-16(10-14)28(26,27)25-11-17(20(12-25)8-9-20)24(4)19-15(2)18(21-3)22-13-23-19/h5-7,10,13,17H,8-9,11-12H2,1-4H3,(H,21,22,23). The Morgan fingerprint density at radius 3 is 2.64 bits per heavy atom. The second kappa shape index (κ2) is 6.70. The van der Waals surface area contributed by atoms with Crippen molar-refractivity contribution in [3.63, 3.8) is 0 Å². The second-order valence-electron chi connectivity index (χ2n) is 8.02. The third kappa shape index (κ3) is 3.04. The van der Waals surface area contributed by atoms with E-state index in [2.05, 4.69) is 20.2 Å². The average Bonchev–Trinajstić information content (AvgIpc) is 3.33. The van der Waals surface area contributed by atoms with Gasteiger partial charge in [0.1, 0.15) is 18.0 Å². The number of likely N-dealkylation sites (N-methyl/N-ethyl adjacent to an activating group) is 1. The van der Waals surface area contributed by atoms with Gasteiger partial charge in [-0.3, -0.25) is 0 Å². The Morgan fingerprint density at radius 1 is 1.25 bits per heavy atom. The average molecular weight is 402 g/mol. The van der Waals surface area contributed by atoms with Gasteiger partial charge in [-0.1, -0.05) is 12.1 Å². The predicted octanol–water partition coefficient (Wildman–Crippen LogP) is 2.42. The van der Waals surface area contributed by atoms with Crippen LogP contribution in [0.2, 0.25) is 0 Å². The van der Waals surface area contributed by atoms with Crippen LogP contribution in [0.15, 0.2) is 35.5 Å². The monoisotopic (exact) mass is 401 g/mol. The van der Waals surface area contributed by atoms with Gasteiger partial charge in [0.05, 0.1) is 10.9 Å². The van der Waals surface area contributed by atoms with Gasteiger partial charge in [0.15, 0.2) is 0 Å². The Balaban J connectivity index is 1.64. The molecule has 4 rings (SSSR count). The smallest absolute Gasteiger partial charge is 0.243 e. The molecule has 1 aliphatic heterocycles. The molecule has 150 valence electrons. The van der Waals surface area contributed by atoms with Crippen LogP contribution >= 0.6 is 0 Å². The van der Waals surface area contributed by atoms with Gasteiger partial charge in [-0.25, -0.2) is 18.4 Å². The molecule has 1 spiro atoms. The maximum absolute atomic E-state index is 13.2. The van der Waals surface area contributed by atoms with Crippen LogP contribution in [0.3, 0.4) is 0 Å². The number of benzene rings is 1. The highest BCUT2D eigenvalue weighted by Crippen LogP contribution is 2.55. The zero-order valence-corrected chi connectivity index (χ0v) is 17.6. The van der Waals surface area contributed by atoms with Crippen LogP contribution in [0.1, 0.15) is 24.0 Å². The normalized spacial score (nSPS) is 21.1. The van der Waals surface area contributed by atoms with Crippen molar-refractivity contribution < 1.29 is 8.42 Å². The van der Waals surface area contributed by atoms with Crippen molar-refractivity contribution in [1.82, 2.24) is 14.3 Å². The van der Waals surface area contributed by atoms with E-state index in [4.69, 9.17) is 0 Å². The first-order chi connectivity index (χ1) is 13.3. The quantitative estimate of drug-likeness (QED) is 0.829. The number of hydrogen-bond acceptors (Lipinski definition) is 6. The number of aryl methyl sites for hydroxylation is 1. The SMILES string of the molecule is CNc1ncnc(N(C)C2CN(S(=O)(=O)c3cccc(C)c3)CC23CC3)c1C. The zero-order valence-electron chi connectivity index (χ0n) is 16.8. The summed E-state index contributed by atoms with van der Waals surface area (Å²) in [6, 6.07) is 7.26. The molecule has 1 saturated heterocycles. The molecule has 8 heteroatoms. The summed E-state index contributed by atoms with van der Waals surface area (Å²) < 4.78 is 28.2. The van der Waals surface area contributed by atoms with Crippen LogP contribution in [0, 0.1) is 19.3 Å². The predicted molar refractivity (Wildman–Crippen MR) is 110 cm³/mol. The summed E-state index contributed by atoms with van der Waals surface area (Å²) in [5.74, 6) is 1.65. The maximum Gasteiger partial charge on any atom is 0.243 e. The number of rotatable bonds is 5. The van der Waals surface area contributed by atoms with E-state index in [0.717, 1.165) is 35.6 Å². The highest BCUT2D eigenvalue weighted by molar-refractivity contribution is 7.89. The van der Waals surface area contributed by atoms with E-state index in [1.165, 1.54) is 0 Å². The summed E-state index contributed by atoms with van der Waals surface area (Å²) in [4.78, 5) is 11.3. The van der Waals surface area contributed by atoms with E-state index in [1.807, 2.05) is 34.0 Å². The molecule has 2 aromatic rings. The Bertz CT molecular complexity index is 1000. The molecular weight excluding hydrogens is 374 g/mol. The van der Waals surface area contributed by atoms with Crippen LogP contribution < -0.4 is 10.2 Å². The minimum absolute atomic E-state index is 0.0167. The fourth-order valence-corrected chi connectivity index (χ4v) is 6.04. The Kier molecular flexibility index (Phi) is 4.58. The lowest BCUT2D eigenvalue weighted by Crippen LogP contribution is -2.40. The Labute approximate surface area is 166 Å². The number of sulfonamides is 1. The number of nitrogens with zero attached hydrogens (tertiary/aromatic N) is 4. The lowest BCUT2D eigenvalue weighted by molar-refractivity contribution is 0.446. The van der Waals surface area contributed by atoms with E-state index < -0.39 is 10.0 Å². The third-order valence-corrected chi connectivity index (χ3v) is 8.00. The fraction of sp³-hybridized carbons (Fsp3) is 0.500. The topological polar surface area (TPSA) is 78.4 Å². The van der Waals surface area contributed by atoms with Crippen molar-refractivity contribution in [2.45, 2.75) is 37.6 Å². The Hall–Kier alpha value is -2.19. The van der Waals surface area contributed by atoms with E-state index in [1.54, 1.807) is 28.8 Å². The summed E-state index contributed by atoms with van der Waals surface area (Å²) in [6.45, 7) is 4.96. The summed E-state index contributed by atoms with van der Waals surface area (Å²) in [6.07, 6.45) is 3.65. The molecule has 28 heavy (non-hydrogen) atoms. The first-order valence-corrected chi connectivity index (χ1v) is 11.0. The van der Waals surface area contributed by atoms with Gasteiger partial charge in [-0.2, -0.15) is 4.31 Å². The summed E-state index contributed by atoms with van der Waals surface area (Å²) in [5.41, 5.74) is 1.94. The maximum atomic E-state index is 13.2. The molecule has 1 saturated carbocycles. The molecular formula is C20H27N5O2S. The van der Waals surface area contributed by atoms with Crippen molar-refractivity contribution in [1.29, 1.82) is 0 Å². The van der Waals surface area contributed by atoms with Crippen molar-refractivity contribution >= 4 is 21.7 Å². The Morgan fingerprint density at radius 2 is 2.00 bits per heavy atom. The van der Waals surface area contributed by atoms with Gasteiger partial charge < -0.3 is 10.2 Å². The highest BCUT2D eigenvalue weighted by atomic mass is 32.2. The van der Waals surface area contributed by atoms with Crippen LogP contribution in [0.5, 0.6) is 0 Å².